The Labute approximate surface area is 92.3 Å². The monoisotopic (exact) mass is 284 g/mol. The van der Waals surface area contributed by atoms with Gasteiger partial charge < -0.3 is 16.2 Å². The molecule has 0 bridgehead atoms. The van der Waals surface area contributed by atoms with Gasteiger partial charge >= 0.3 is 6.36 Å². The van der Waals surface area contributed by atoms with Crippen molar-refractivity contribution in [2.24, 2.45) is 5.73 Å². The number of nitrogen functional groups attached to an aromatic ring is 1. The summed E-state index contributed by atoms with van der Waals surface area (Å²) in [7, 11) is 0. The molecule has 0 aliphatic carbocycles. The quantitative estimate of drug-likeness (QED) is 0.820. The van der Waals surface area contributed by atoms with Gasteiger partial charge in [0.1, 0.15) is 5.75 Å². The third-order valence-electron chi connectivity index (χ3n) is 1.68. The van der Waals surface area contributed by atoms with Crippen molar-refractivity contribution in [2.45, 2.75) is 12.9 Å². The first-order chi connectivity index (χ1) is 6.85. The zero-order valence-electron chi connectivity index (χ0n) is 7.44. The minimum atomic E-state index is -4.74. The molecule has 0 amide bonds. The van der Waals surface area contributed by atoms with Gasteiger partial charge in [-0.05, 0) is 27.6 Å². The fourth-order valence-corrected chi connectivity index (χ4v) is 1.46. The Balaban J connectivity index is 3.07. The fourth-order valence-electron chi connectivity index (χ4n) is 0.994. The minimum absolute atomic E-state index is 0.0581. The van der Waals surface area contributed by atoms with E-state index in [-0.39, 0.29) is 22.5 Å². The van der Waals surface area contributed by atoms with Crippen LogP contribution in [-0.2, 0) is 6.54 Å². The van der Waals surface area contributed by atoms with Crippen LogP contribution in [0.3, 0.4) is 0 Å². The molecule has 1 rings (SSSR count). The number of ether oxygens (including phenoxy) is 1. The second-order valence-corrected chi connectivity index (χ2v) is 3.50. The van der Waals surface area contributed by atoms with Crippen LogP contribution in [0.5, 0.6) is 5.75 Å². The molecule has 0 fully saturated rings. The highest BCUT2D eigenvalue weighted by Crippen LogP contribution is 2.36. The zero-order chi connectivity index (χ0) is 11.6. The number of rotatable bonds is 2. The molecule has 0 heterocycles. The molecule has 4 N–H and O–H groups in total. The van der Waals surface area contributed by atoms with Gasteiger partial charge in [-0.1, -0.05) is 6.07 Å². The van der Waals surface area contributed by atoms with Gasteiger partial charge in [0.25, 0.3) is 0 Å². The summed E-state index contributed by atoms with van der Waals surface area (Å²) in [6.07, 6.45) is -4.74. The Bertz CT molecular complexity index is 368. The molecule has 0 unspecified atom stereocenters. The van der Waals surface area contributed by atoms with Gasteiger partial charge in [-0.3, -0.25) is 0 Å². The van der Waals surface area contributed by atoms with Crippen molar-refractivity contribution in [3.05, 3.63) is 22.2 Å². The normalized spacial score (nSPS) is 11.5. The highest BCUT2D eigenvalue weighted by atomic mass is 79.9. The number of benzene rings is 1. The molecule has 0 saturated carbocycles. The van der Waals surface area contributed by atoms with E-state index in [2.05, 4.69) is 20.7 Å². The Morgan fingerprint density at radius 3 is 2.40 bits per heavy atom. The van der Waals surface area contributed by atoms with Gasteiger partial charge in [-0.25, -0.2) is 0 Å². The molecule has 15 heavy (non-hydrogen) atoms. The van der Waals surface area contributed by atoms with E-state index in [1.165, 1.54) is 6.07 Å². The predicted octanol–water partition coefficient (Wildman–Crippen LogP) is 2.39. The smallest absolute Gasteiger partial charge is 0.405 e. The summed E-state index contributed by atoms with van der Waals surface area (Å²) in [5.74, 6) is -0.378. The molecule has 0 spiro atoms. The SMILES string of the molecule is NCc1ccc(OC(F)(F)F)c(Br)c1N. The number of halogens is 4. The molecule has 0 radical (unpaired) electrons. The van der Waals surface area contributed by atoms with Crippen LogP contribution in [0.1, 0.15) is 5.56 Å². The van der Waals surface area contributed by atoms with Crippen molar-refractivity contribution in [2.75, 3.05) is 5.73 Å². The maximum absolute atomic E-state index is 11.9. The minimum Gasteiger partial charge on any atom is -0.405 e. The molecule has 0 aromatic heterocycles. The van der Waals surface area contributed by atoms with Crippen LogP contribution in [0, 0.1) is 0 Å². The number of nitrogens with two attached hydrogens (primary N) is 2. The summed E-state index contributed by atoms with van der Waals surface area (Å²) >= 11 is 2.92. The van der Waals surface area contributed by atoms with Crippen molar-refractivity contribution in [3.63, 3.8) is 0 Å². The number of anilines is 1. The van der Waals surface area contributed by atoms with Crippen LogP contribution in [0.15, 0.2) is 16.6 Å². The first kappa shape index (κ1) is 12.1. The topological polar surface area (TPSA) is 61.3 Å². The van der Waals surface area contributed by atoms with Gasteiger partial charge in [-0.15, -0.1) is 13.2 Å². The largest absolute Gasteiger partial charge is 0.573 e. The van der Waals surface area contributed by atoms with E-state index in [1.54, 1.807) is 0 Å². The summed E-state index contributed by atoms with van der Waals surface area (Å²) in [6.45, 7) is 0.150. The van der Waals surface area contributed by atoms with Gasteiger partial charge in [-0.2, -0.15) is 0 Å². The lowest BCUT2D eigenvalue weighted by Crippen LogP contribution is -2.18. The lowest BCUT2D eigenvalue weighted by atomic mass is 10.2. The number of hydrogen-bond donors (Lipinski definition) is 2. The standard InChI is InChI=1S/C8H8BrF3N2O/c9-6-5(15-8(10,11)12)2-1-4(3-13)7(6)14/h1-2H,3,13-14H2. The van der Waals surface area contributed by atoms with Crippen molar-refractivity contribution >= 4 is 21.6 Å². The number of hydrogen-bond acceptors (Lipinski definition) is 3. The maximum Gasteiger partial charge on any atom is 0.573 e. The van der Waals surface area contributed by atoms with Crippen molar-refractivity contribution in [1.29, 1.82) is 0 Å². The molecule has 3 nitrogen and oxygen atoms in total. The van der Waals surface area contributed by atoms with E-state index in [0.29, 0.717) is 5.56 Å². The lowest BCUT2D eigenvalue weighted by Gasteiger charge is -2.13. The first-order valence-corrected chi connectivity index (χ1v) is 4.67. The molecule has 1 aromatic carbocycles. The zero-order valence-corrected chi connectivity index (χ0v) is 9.02. The van der Waals surface area contributed by atoms with E-state index >= 15 is 0 Å². The molecule has 0 aliphatic rings. The third-order valence-corrected chi connectivity index (χ3v) is 2.50. The van der Waals surface area contributed by atoms with Gasteiger partial charge in [0, 0.05) is 6.54 Å². The third kappa shape index (κ3) is 3.00. The molecule has 0 atom stereocenters. The molecule has 0 saturated heterocycles. The summed E-state index contributed by atoms with van der Waals surface area (Å²) < 4.78 is 39.6. The first-order valence-electron chi connectivity index (χ1n) is 3.88. The van der Waals surface area contributed by atoms with Crippen LogP contribution in [0.4, 0.5) is 18.9 Å². The van der Waals surface area contributed by atoms with Crippen LogP contribution < -0.4 is 16.2 Å². The fraction of sp³-hybridized carbons (Fsp3) is 0.250. The van der Waals surface area contributed by atoms with Crippen molar-refractivity contribution in [3.8, 4) is 5.75 Å². The average molecular weight is 285 g/mol. The van der Waals surface area contributed by atoms with Gasteiger partial charge in [0.2, 0.25) is 0 Å². The Morgan fingerprint density at radius 1 is 1.33 bits per heavy atom. The maximum atomic E-state index is 11.9. The van der Waals surface area contributed by atoms with E-state index in [4.69, 9.17) is 11.5 Å². The number of alkyl halides is 3. The van der Waals surface area contributed by atoms with E-state index < -0.39 is 6.36 Å². The Hall–Kier alpha value is -0.950. The van der Waals surface area contributed by atoms with Crippen LogP contribution in [0.25, 0.3) is 0 Å². The molecule has 7 heteroatoms. The van der Waals surface area contributed by atoms with Crippen molar-refractivity contribution < 1.29 is 17.9 Å². The summed E-state index contributed by atoms with van der Waals surface area (Å²) in [4.78, 5) is 0. The van der Waals surface area contributed by atoms with Crippen LogP contribution in [-0.4, -0.2) is 6.36 Å². The van der Waals surface area contributed by atoms with E-state index in [1.807, 2.05) is 0 Å². The average Bonchev–Trinajstić information content (AvgIpc) is 2.11. The molecule has 0 aliphatic heterocycles. The van der Waals surface area contributed by atoms with Crippen LogP contribution in [0.2, 0.25) is 0 Å². The van der Waals surface area contributed by atoms with Crippen LogP contribution >= 0.6 is 15.9 Å². The van der Waals surface area contributed by atoms with Gasteiger partial charge in [0.05, 0.1) is 10.2 Å². The molecule has 1 aromatic rings. The summed E-state index contributed by atoms with van der Waals surface area (Å²) in [6, 6.07) is 2.55. The Kier molecular flexibility index (Phi) is 3.46. The van der Waals surface area contributed by atoms with Crippen molar-refractivity contribution in [1.82, 2.24) is 0 Å². The molecular weight excluding hydrogens is 277 g/mol. The predicted molar refractivity (Wildman–Crippen MR) is 53.1 cm³/mol. The summed E-state index contributed by atoms with van der Waals surface area (Å²) in [5.41, 5.74) is 11.6. The highest BCUT2D eigenvalue weighted by Gasteiger charge is 2.32. The van der Waals surface area contributed by atoms with Gasteiger partial charge in [0.15, 0.2) is 0 Å². The highest BCUT2D eigenvalue weighted by molar-refractivity contribution is 9.10. The molecule has 84 valence electrons. The second kappa shape index (κ2) is 4.28. The lowest BCUT2D eigenvalue weighted by molar-refractivity contribution is -0.274. The van der Waals surface area contributed by atoms with E-state index in [0.717, 1.165) is 6.07 Å². The molecular formula is C8H8BrF3N2O. The Morgan fingerprint density at radius 2 is 1.93 bits per heavy atom. The second-order valence-electron chi connectivity index (χ2n) is 2.70. The van der Waals surface area contributed by atoms with E-state index in [9.17, 15) is 13.2 Å². The summed E-state index contributed by atoms with van der Waals surface area (Å²) in [5, 5.41) is 0.